The molecule has 3 heteroatoms. The summed E-state index contributed by atoms with van der Waals surface area (Å²) in [5.41, 5.74) is -0.305. The summed E-state index contributed by atoms with van der Waals surface area (Å²) < 4.78 is 5.92. The van der Waals surface area contributed by atoms with Gasteiger partial charge in [-0.15, -0.1) is 0 Å². The van der Waals surface area contributed by atoms with E-state index in [1.807, 2.05) is 0 Å². The molecular weight excluding hydrogens is 250 g/mol. The Balaban J connectivity index is 1.83. The first kappa shape index (κ1) is 15.8. The van der Waals surface area contributed by atoms with Gasteiger partial charge in [0, 0.05) is 5.92 Å². The number of nitrogens with one attached hydrogen (secondary N) is 1. The van der Waals surface area contributed by atoms with E-state index in [0.29, 0.717) is 5.92 Å². The zero-order valence-corrected chi connectivity index (χ0v) is 13.4. The van der Waals surface area contributed by atoms with Crippen LogP contribution in [0.3, 0.4) is 0 Å². The quantitative estimate of drug-likeness (QED) is 0.801. The van der Waals surface area contributed by atoms with Crippen LogP contribution in [0.15, 0.2) is 0 Å². The molecule has 1 heterocycles. The van der Waals surface area contributed by atoms with Gasteiger partial charge in [-0.1, -0.05) is 13.3 Å². The number of carbonyl (C=O) groups is 1. The maximum Gasteiger partial charge on any atom is 0.309 e. The highest BCUT2D eigenvalue weighted by molar-refractivity contribution is 5.73. The number of hydrogen-bond donors (Lipinski definition) is 1. The Hall–Kier alpha value is -0.570. The Morgan fingerprint density at radius 2 is 1.70 bits per heavy atom. The number of hydrogen-bond acceptors (Lipinski definition) is 3. The van der Waals surface area contributed by atoms with Crippen molar-refractivity contribution in [1.29, 1.82) is 0 Å². The van der Waals surface area contributed by atoms with Crippen LogP contribution in [0.4, 0.5) is 0 Å². The van der Waals surface area contributed by atoms with Crippen LogP contribution in [0, 0.1) is 17.8 Å². The molecule has 0 atom stereocenters. The van der Waals surface area contributed by atoms with Crippen molar-refractivity contribution in [2.75, 3.05) is 13.1 Å². The highest BCUT2D eigenvalue weighted by Gasteiger charge is 2.36. The van der Waals surface area contributed by atoms with Crippen molar-refractivity contribution in [1.82, 2.24) is 5.32 Å². The minimum Gasteiger partial charge on any atom is -0.459 e. The minimum absolute atomic E-state index is 0.0584. The van der Waals surface area contributed by atoms with Crippen molar-refractivity contribution in [2.24, 2.45) is 17.8 Å². The maximum absolute atomic E-state index is 12.4. The third-order valence-corrected chi connectivity index (χ3v) is 5.44. The van der Waals surface area contributed by atoms with Gasteiger partial charge in [-0.3, -0.25) is 4.79 Å². The first-order valence-corrected chi connectivity index (χ1v) is 8.46. The topological polar surface area (TPSA) is 38.3 Å². The first-order chi connectivity index (χ1) is 9.53. The second-order valence-corrected chi connectivity index (χ2v) is 7.17. The highest BCUT2D eigenvalue weighted by Crippen LogP contribution is 2.34. The Kier molecular flexibility index (Phi) is 5.48. The molecule has 3 nitrogen and oxygen atoms in total. The molecule has 1 saturated carbocycles. The first-order valence-electron chi connectivity index (χ1n) is 8.46. The third kappa shape index (κ3) is 3.97. The Labute approximate surface area is 123 Å². The van der Waals surface area contributed by atoms with Gasteiger partial charge in [-0.25, -0.2) is 0 Å². The summed E-state index contributed by atoms with van der Waals surface area (Å²) in [7, 11) is 0. The fourth-order valence-electron chi connectivity index (χ4n) is 3.75. The average Bonchev–Trinajstić information content (AvgIpc) is 2.48. The van der Waals surface area contributed by atoms with Gasteiger partial charge in [0.25, 0.3) is 0 Å². The van der Waals surface area contributed by atoms with Crippen molar-refractivity contribution >= 4 is 5.97 Å². The molecule has 1 aliphatic heterocycles. The number of rotatable bonds is 4. The van der Waals surface area contributed by atoms with E-state index in [1.165, 1.54) is 19.3 Å². The van der Waals surface area contributed by atoms with Crippen LogP contribution in [0.25, 0.3) is 0 Å². The third-order valence-electron chi connectivity index (χ3n) is 5.44. The molecule has 2 fully saturated rings. The van der Waals surface area contributed by atoms with Crippen LogP contribution >= 0.6 is 0 Å². The molecule has 1 aliphatic carbocycles. The van der Waals surface area contributed by atoms with E-state index in [-0.39, 0.29) is 17.5 Å². The van der Waals surface area contributed by atoms with E-state index >= 15 is 0 Å². The summed E-state index contributed by atoms with van der Waals surface area (Å²) in [4.78, 5) is 12.4. The lowest BCUT2D eigenvalue weighted by Crippen LogP contribution is -2.44. The molecule has 0 bridgehead atoms. The fraction of sp³-hybridized carbons (Fsp3) is 0.941. The predicted molar refractivity (Wildman–Crippen MR) is 81.5 cm³/mol. The Morgan fingerprint density at radius 3 is 2.25 bits per heavy atom. The smallest absolute Gasteiger partial charge is 0.309 e. The van der Waals surface area contributed by atoms with Gasteiger partial charge in [0.05, 0.1) is 5.92 Å². The second-order valence-electron chi connectivity index (χ2n) is 7.17. The van der Waals surface area contributed by atoms with Gasteiger partial charge >= 0.3 is 5.97 Å². The van der Waals surface area contributed by atoms with Crippen LogP contribution in [-0.4, -0.2) is 24.7 Å². The standard InChI is InChI=1S/C17H31NO2/c1-4-13-5-7-14(8-6-13)16(19)20-17(2,3)15-9-11-18-12-10-15/h13-15,18H,4-12H2,1-3H3. The van der Waals surface area contributed by atoms with E-state index in [9.17, 15) is 4.79 Å². The van der Waals surface area contributed by atoms with Crippen molar-refractivity contribution < 1.29 is 9.53 Å². The SMILES string of the molecule is CCC1CCC(C(=O)OC(C)(C)C2CCNCC2)CC1. The fourth-order valence-corrected chi connectivity index (χ4v) is 3.75. The summed E-state index contributed by atoms with van der Waals surface area (Å²) in [6, 6.07) is 0. The van der Waals surface area contributed by atoms with E-state index < -0.39 is 0 Å². The summed E-state index contributed by atoms with van der Waals surface area (Å²) in [6.07, 6.45) is 7.93. The number of piperidine rings is 1. The van der Waals surface area contributed by atoms with Gasteiger partial charge in [0.2, 0.25) is 0 Å². The predicted octanol–water partition coefficient (Wildman–Crippen LogP) is 3.52. The van der Waals surface area contributed by atoms with Crippen LogP contribution in [0.1, 0.15) is 65.7 Å². The number of carbonyl (C=O) groups excluding carboxylic acids is 1. The Morgan fingerprint density at radius 1 is 1.10 bits per heavy atom. The molecule has 1 N–H and O–H groups in total. The molecule has 0 unspecified atom stereocenters. The van der Waals surface area contributed by atoms with Crippen LogP contribution < -0.4 is 5.32 Å². The average molecular weight is 281 g/mol. The Bertz CT molecular complexity index is 313. The zero-order valence-electron chi connectivity index (χ0n) is 13.4. The second kappa shape index (κ2) is 6.93. The molecule has 1 saturated heterocycles. The summed E-state index contributed by atoms with van der Waals surface area (Å²) in [6.45, 7) is 8.54. The highest BCUT2D eigenvalue weighted by atomic mass is 16.6. The molecule has 20 heavy (non-hydrogen) atoms. The van der Waals surface area contributed by atoms with Gasteiger partial charge < -0.3 is 10.1 Å². The molecule has 0 spiro atoms. The summed E-state index contributed by atoms with van der Waals surface area (Å²) >= 11 is 0. The number of esters is 1. The maximum atomic E-state index is 12.4. The van der Waals surface area contributed by atoms with Crippen molar-refractivity contribution in [2.45, 2.75) is 71.3 Å². The minimum atomic E-state index is -0.305. The van der Waals surface area contributed by atoms with E-state index in [2.05, 4.69) is 26.1 Å². The van der Waals surface area contributed by atoms with Gasteiger partial charge in [-0.2, -0.15) is 0 Å². The largest absolute Gasteiger partial charge is 0.459 e. The van der Waals surface area contributed by atoms with E-state index in [1.54, 1.807) is 0 Å². The van der Waals surface area contributed by atoms with Crippen molar-refractivity contribution in [3.8, 4) is 0 Å². The zero-order chi connectivity index (χ0) is 14.6. The lowest BCUT2D eigenvalue weighted by Gasteiger charge is -2.38. The monoisotopic (exact) mass is 281 g/mol. The molecule has 0 radical (unpaired) electrons. The normalized spacial score (nSPS) is 29.1. The van der Waals surface area contributed by atoms with Crippen molar-refractivity contribution in [3.63, 3.8) is 0 Å². The van der Waals surface area contributed by atoms with Crippen LogP contribution in [-0.2, 0) is 9.53 Å². The number of ether oxygens (including phenoxy) is 1. The van der Waals surface area contributed by atoms with Gasteiger partial charge in [0.1, 0.15) is 5.60 Å². The lowest BCUT2D eigenvalue weighted by molar-refractivity contribution is -0.169. The van der Waals surface area contributed by atoms with Crippen LogP contribution in [0.2, 0.25) is 0 Å². The molecule has 0 amide bonds. The lowest BCUT2D eigenvalue weighted by atomic mass is 9.80. The van der Waals surface area contributed by atoms with Gasteiger partial charge in [0.15, 0.2) is 0 Å². The molecule has 0 aromatic heterocycles. The van der Waals surface area contributed by atoms with Gasteiger partial charge in [-0.05, 0) is 71.4 Å². The summed E-state index contributed by atoms with van der Waals surface area (Å²) in [5.74, 6) is 1.54. The molecule has 116 valence electrons. The molecule has 0 aromatic rings. The van der Waals surface area contributed by atoms with E-state index in [4.69, 9.17) is 4.74 Å². The molecule has 2 aliphatic rings. The van der Waals surface area contributed by atoms with Crippen LogP contribution in [0.5, 0.6) is 0 Å². The van der Waals surface area contributed by atoms with Crippen molar-refractivity contribution in [3.05, 3.63) is 0 Å². The molecular formula is C17H31NO2. The van der Waals surface area contributed by atoms with E-state index in [0.717, 1.165) is 44.7 Å². The molecule has 0 aromatic carbocycles. The summed E-state index contributed by atoms with van der Waals surface area (Å²) in [5, 5.41) is 3.37. The molecule has 2 rings (SSSR count).